The van der Waals surface area contributed by atoms with E-state index in [0.29, 0.717) is 25.2 Å². The van der Waals surface area contributed by atoms with Gasteiger partial charge in [0.1, 0.15) is 18.5 Å². The molecular formula is C26H45F3O. The summed E-state index contributed by atoms with van der Waals surface area (Å²) in [6, 6.07) is 0. The van der Waals surface area contributed by atoms with Gasteiger partial charge in [0.05, 0.1) is 6.10 Å². The number of aliphatic hydroxyl groups excluding tert-OH is 1. The van der Waals surface area contributed by atoms with Crippen molar-refractivity contribution in [3.63, 3.8) is 0 Å². The van der Waals surface area contributed by atoms with Crippen LogP contribution in [0.5, 0.6) is 0 Å². The van der Waals surface area contributed by atoms with Crippen LogP contribution >= 0.6 is 0 Å². The average Bonchev–Trinajstić information content (AvgIpc) is 2.73. The highest BCUT2D eigenvalue weighted by Crippen LogP contribution is 2.48. The molecule has 1 nitrogen and oxygen atoms in total. The van der Waals surface area contributed by atoms with Gasteiger partial charge in [-0.25, -0.2) is 13.2 Å². The van der Waals surface area contributed by atoms with Crippen molar-refractivity contribution in [2.24, 2.45) is 35.5 Å². The number of alkyl halides is 3. The summed E-state index contributed by atoms with van der Waals surface area (Å²) in [5.74, 6) is 1.33. The largest absolute Gasteiger partial charge is 0.390 e. The summed E-state index contributed by atoms with van der Waals surface area (Å²) in [7, 11) is 0. The smallest absolute Gasteiger partial charge is 0.134 e. The molecule has 3 saturated carbocycles. The maximum absolute atomic E-state index is 15.1. The van der Waals surface area contributed by atoms with E-state index in [4.69, 9.17) is 0 Å². The van der Waals surface area contributed by atoms with Crippen molar-refractivity contribution in [2.45, 2.75) is 128 Å². The van der Waals surface area contributed by atoms with E-state index in [9.17, 15) is 9.50 Å². The normalized spacial score (nSPS) is 44.0. The first-order chi connectivity index (χ1) is 14.4. The van der Waals surface area contributed by atoms with Crippen LogP contribution in [0.1, 0.15) is 104 Å². The molecular weight excluding hydrogens is 385 g/mol. The summed E-state index contributed by atoms with van der Waals surface area (Å²) >= 11 is 0. The predicted molar refractivity (Wildman–Crippen MR) is 118 cm³/mol. The van der Waals surface area contributed by atoms with E-state index < -0.39 is 24.6 Å². The Hall–Kier alpha value is -0.250. The third-order valence-electron chi connectivity index (χ3n) is 8.93. The molecule has 0 amide bonds. The lowest BCUT2D eigenvalue weighted by Gasteiger charge is -2.44. The van der Waals surface area contributed by atoms with Gasteiger partial charge in [-0.1, -0.05) is 58.8 Å². The zero-order valence-corrected chi connectivity index (χ0v) is 19.3. The van der Waals surface area contributed by atoms with E-state index in [1.807, 2.05) is 0 Å². The standard InChI is InChI=1S/C26H45F3O/c1-3-5-17(2)6-4-7-18-8-10-19(11-9-18)21-13-14-22(26(29)25(21)28)20-12-15-24(30)23(27)16-20/h17-26,30H,3-16H2,1-2H3. The van der Waals surface area contributed by atoms with E-state index in [0.717, 1.165) is 31.1 Å². The second kappa shape index (κ2) is 11.6. The van der Waals surface area contributed by atoms with E-state index >= 15 is 8.78 Å². The van der Waals surface area contributed by atoms with Gasteiger partial charge in [0.15, 0.2) is 0 Å². The number of hydrogen-bond acceptors (Lipinski definition) is 1. The second-order valence-electron chi connectivity index (χ2n) is 11.1. The van der Waals surface area contributed by atoms with Gasteiger partial charge in [-0.2, -0.15) is 0 Å². The lowest BCUT2D eigenvalue weighted by atomic mass is 9.63. The molecule has 176 valence electrons. The molecule has 3 aliphatic rings. The second-order valence-corrected chi connectivity index (χ2v) is 11.1. The SMILES string of the molecule is CCCC(C)CCCC1CCC(C2CCC(C3CCC(O)C(F)C3)C(F)C2F)CC1. The molecule has 0 aromatic carbocycles. The molecule has 0 heterocycles. The number of hydrogen-bond donors (Lipinski definition) is 1. The average molecular weight is 431 g/mol. The van der Waals surface area contributed by atoms with E-state index in [-0.39, 0.29) is 24.2 Å². The summed E-state index contributed by atoms with van der Waals surface area (Å²) in [5, 5.41) is 9.61. The molecule has 3 rings (SSSR count). The molecule has 30 heavy (non-hydrogen) atoms. The predicted octanol–water partition coefficient (Wildman–Crippen LogP) is 7.60. The Morgan fingerprint density at radius 2 is 1.40 bits per heavy atom. The van der Waals surface area contributed by atoms with Crippen LogP contribution in [0.4, 0.5) is 13.2 Å². The third kappa shape index (κ3) is 6.17. The van der Waals surface area contributed by atoms with Crippen molar-refractivity contribution in [1.82, 2.24) is 0 Å². The van der Waals surface area contributed by atoms with Gasteiger partial charge in [0.25, 0.3) is 0 Å². The van der Waals surface area contributed by atoms with Crippen molar-refractivity contribution in [1.29, 1.82) is 0 Å². The van der Waals surface area contributed by atoms with E-state index in [1.54, 1.807) is 0 Å². The molecule has 0 aromatic heterocycles. The van der Waals surface area contributed by atoms with Gasteiger partial charge >= 0.3 is 0 Å². The first-order valence-electron chi connectivity index (χ1n) is 13.0. The highest BCUT2D eigenvalue weighted by atomic mass is 19.2. The molecule has 0 bridgehead atoms. The summed E-state index contributed by atoms with van der Waals surface area (Å²) in [5.41, 5.74) is 0. The van der Waals surface area contributed by atoms with Crippen LogP contribution in [0, 0.1) is 35.5 Å². The highest BCUT2D eigenvalue weighted by molar-refractivity contribution is 4.96. The van der Waals surface area contributed by atoms with Gasteiger partial charge in [-0.3, -0.25) is 0 Å². The zero-order valence-electron chi connectivity index (χ0n) is 19.3. The first kappa shape index (κ1) is 24.4. The minimum Gasteiger partial charge on any atom is -0.390 e. The van der Waals surface area contributed by atoms with Crippen LogP contribution in [-0.4, -0.2) is 29.7 Å². The zero-order chi connectivity index (χ0) is 21.7. The Labute approximate surface area is 182 Å². The van der Waals surface area contributed by atoms with Crippen LogP contribution in [0.2, 0.25) is 0 Å². The maximum Gasteiger partial charge on any atom is 0.134 e. The fraction of sp³-hybridized carbons (Fsp3) is 1.00. The quantitative estimate of drug-likeness (QED) is 0.420. The molecule has 3 aliphatic carbocycles. The minimum atomic E-state index is -1.45. The molecule has 0 aliphatic heterocycles. The molecule has 4 heteroatoms. The monoisotopic (exact) mass is 430 g/mol. The van der Waals surface area contributed by atoms with E-state index in [1.165, 1.54) is 44.9 Å². The Morgan fingerprint density at radius 3 is 2.00 bits per heavy atom. The molecule has 3 fully saturated rings. The molecule has 0 radical (unpaired) electrons. The lowest BCUT2D eigenvalue weighted by Crippen LogP contribution is -2.46. The van der Waals surface area contributed by atoms with Crippen LogP contribution in [0.25, 0.3) is 0 Å². The third-order valence-corrected chi connectivity index (χ3v) is 8.93. The van der Waals surface area contributed by atoms with Gasteiger partial charge in [-0.05, 0) is 80.5 Å². The van der Waals surface area contributed by atoms with Gasteiger partial charge in [0.2, 0.25) is 0 Å². The first-order valence-corrected chi connectivity index (χ1v) is 13.0. The van der Waals surface area contributed by atoms with Crippen molar-refractivity contribution in [3.8, 4) is 0 Å². The number of halogens is 3. The van der Waals surface area contributed by atoms with E-state index in [2.05, 4.69) is 13.8 Å². The lowest BCUT2D eigenvalue weighted by molar-refractivity contribution is -0.0551. The van der Waals surface area contributed by atoms with Crippen molar-refractivity contribution in [3.05, 3.63) is 0 Å². The topological polar surface area (TPSA) is 20.2 Å². The van der Waals surface area contributed by atoms with Gasteiger partial charge < -0.3 is 5.11 Å². The Kier molecular flexibility index (Phi) is 9.41. The highest BCUT2D eigenvalue weighted by Gasteiger charge is 2.47. The van der Waals surface area contributed by atoms with Crippen molar-refractivity contribution in [2.75, 3.05) is 0 Å². The van der Waals surface area contributed by atoms with Crippen LogP contribution < -0.4 is 0 Å². The summed E-state index contributed by atoms with van der Waals surface area (Å²) < 4.78 is 44.1. The minimum absolute atomic E-state index is 0.108. The van der Waals surface area contributed by atoms with Crippen LogP contribution in [0.3, 0.4) is 0 Å². The van der Waals surface area contributed by atoms with Crippen LogP contribution in [0.15, 0.2) is 0 Å². The fourth-order valence-electron chi connectivity index (χ4n) is 6.98. The Morgan fingerprint density at radius 1 is 0.800 bits per heavy atom. The maximum atomic E-state index is 15.1. The number of rotatable bonds is 8. The Balaban J connectivity index is 1.41. The van der Waals surface area contributed by atoms with Crippen molar-refractivity contribution < 1.29 is 18.3 Å². The molecule has 1 N–H and O–H groups in total. The van der Waals surface area contributed by atoms with Gasteiger partial charge in [0, 0.05) is 0 Å². The summed E-state index contributed by atoms with van der Waals surface area (Å²) in [4.78, 5) is 0. The van der Waals surface area contributed by atoms with Gasteiger partial charge in [-0.15, -0.1) is 0 Å². The Bertz CT molecular complexity index is 493. The fourth-order valence-corrected chi connectivity index (χ4v) is 6.98. The molecule has 8 unspecified atom stereocenters. The molecule has 0 saturated heterocycles. The molecule has 0 spiro atoms. The summed E-state index contributed by atoms with van der Waals surface area (Å²) in [6.07, 6.45) is 8.65. The summed E-state index contributed by atoms with van der Waals surface area (Å²) in [6.45, 7) is 4.61. The van der Waals surface area contributed by atoms with Crippen LogP contribution in [-0.2, 0) is 0 Å². The molecule has 0 aromatic rings. The van der Waals surface area contributed by atoms with Crippen molar-refractivity contribution >= 4 is 0 Å². The molecule has 8 atom stereocenters. The number of aliphatic hydroxyl groups is 1.